The Bertz CT molecular complexity index is 449. The molecule has 110 valence electrons. The van der Waals surface area contributed by atoms with Gasteiger partial charge in [-0.15, -0.1) is 0 Å². The van der Waals surface area contributed by atoms with Crippen LogP contribution >= 0.6 is 0 Å². The van der Waals surface area contributed by atoms with Crippen molar-refractivity contribution in [3.8, 4) is 5.75 Å². The van der Waals surface area contributed by atoms with Crippen molar-refractivity contribution in [1.29, 1.82) is 0 Å². The number of rotatable bonds is 7. The number of nitrogens with one attached hydrogen (secondary N) is 1. The molecule has 0 spiro atoms. The number of benzene rings is 1. The number of carboxylic acid groups (broad SMARTS) is 1. The minimum absolute atomic E-state index is 0.228. The first-order chi connectivity index (χ1) is 9.70. The number of ether oxygens (including phenoxy) is 1. The van der Waals surface area contributed by atoms with Gasteiger partial charge in [-0.3, -0.25) is 0 Å². The van der Waals surface area contributed by atoms with E-state index in [1.807, 2.05) is 0 Å². The van der Waals surface area contributed by atoms with Gasteiger partial charge in [0.2, 0.25) is 0 Å². The highest BCUT2D eigenvalue weighted by Crippen LogP contribution is 2.24. The largest absolute Gasteiger partial charge is 0.492 e. The Kier molecular flexibility index (Phi) is 5.38. The molecule has 1 aromatic rings. The van der Waals surface area contributed by atoms with Crippen LogP contribution in [0.25, 0.3) is 0 Å². The topological polar surface area (TPSA) is 78.8 Å². The van der Waals surface area contributed by atoms with Gasteiger partial charge in [-0.25, -0.2) is 4.79 Å². The number of hydrogen-bond donors (Lipinski definition) is 3. The zero-order valence-corrected chi connectivity index (χ0v) is 11.4. The van der Waals surface area contributed by atoms with Gasteiger partial charge in [0, 0.05) is 19.2 Å². The second kappa shape index (κ2) is 7.26. The summed E-state index contributed by atoms with van der Waals surface area (Å²) in [5, 5.41) is 21.5. The summed E-state index contributed by atoms with van der Waals surface area (Å²) in [5.41, 5.74) is 0.228. The number of aromatic carboxylic acids is 1. The fourth-order valence-electron chi connectivity index (χ4n) is 2.66. The molecule has 0 aromatic heterocycles. The molecule has 0 amide bonds. The minimum atomic E-state index is -0.953. The smallest absolute Gasteiger partial charge is 0.335 e. The predicted molar refractivity (Wildman–Crippen MR) is 75.1 cm³/mol. The average molecular weight is 279 g/mol. The molecule has 3 N–H and O–H groups in total. The van der Waals surface area contributed by atoms with Gasteiger partial charge in [-0.05, 0) is 37.0 Å². The molecule has 5 heteroatoms. The standard InChI is InChI=1S/C15H21NO4/c17-10-12-4-2-6-14(12)16-7-8-20-13-5-1-3-11(9-13)15(18)19/h1,3,5,9,12,14,16-17H,2,4,6-8,10H2,(H,18,19). The number of carboxylic acids is 1. The lowest BCUT2D eigenvalue weighted by molar-refractivity contribution is 0.0696. The first kappa shape index (κ1) is 14.8. The van der Waals surface area contributed by atoms with E-state index in [0.29, 0.717) is 30.9 Å². The van der Waals surface area contributed by atoms with Gasteiger partial charge in [0.1, 0.15) is 12.4 Å². The van der Waals surface area contributed by atoms with Crippen molar-refractivity contribution < 1.29 is 19.7 Å². The van der Waals surface area contributed by atoms with Crippen LogP contribution in [-0.4, -0.2) is 42.0 Å². The third-order valence-electron chi connectivity index (χ3n) is 3.75. The maximum Gasteiger partial charge on any atom is 0.335 e. The highest BCUT2D eigenvalue weighted by Gasteiger charge is 2.25. The van der Waals surface area contributed by atoms with Crippen molar-refractivity contribution in [2.24, 2.45) is 5.92 Å². The van der Waals surface area contributed by atoms with Gasteiger partial charge in [0.05, 0.1) is 5.56 Å². The molecule has 1 fully saturated rings. The molecule has 1 aromatic carbocycles. The van der Waals surface area contributed by atoms with Crippen molar-refractivity contribution >= 4 is 5.97 Å². The quantitative estimate of drug-likeness (QED) is 0.659. The van der Waals surface area contributed by atoms with Crippen LogP contribution in [0, 0.1) is 5.92 Å². The predicted octanol–water partition coefficient (Wildman–Crippen LogP) is 1.51. The Labute approximate surface area is 118 Å². The van der Waals surface area contributed by atoms with E-state index >= 15 is 0 Å². The van der Waals surface area contributed by atoms with E-state index in [-0.39, 0.29) is 12.2 Å². The highest BCUT2D eigenvalue weighted by molar-refractivity contribution is 5.87. The monoisotopic (exact) mass is 279 g/mol. The molecule has 1 aliphatic rings. The van der Waals surface area contributed by atoms with E-state index in [1.54, 1.807) is 12.1 Å². The van der Waals surface area contributed by atoms with E-state index in [1.165, 1.54) is 12.1 Å². The molecular weight excluding hydrogens is 258 g/mol. The lowest BCUT2D eigenvalue weighted by atomic mass is 10.1. The summed E-state index contributed by atoms with van der Waals surface area (Å²) in [7, 11) is 0. The van der Waals surface area contributed by atoms with Crippen LogP contribution in [0.5, 0.6) is 5.75 Å². The van der Waals surface area contributed by atoms with E-state index < -0.39 is 5.97 Å². The summed E-state index contributed by atoms with van der Waals surface area (Å²) in [5.74, 6) is -0.0347. The molecule has 1 aliphatic carbocycles. The fraction of sp³-hybridized carbons (Fsp3) is 0.533. The summed E-state index contributed by atoms with van der Waals surface area (Å²) in [6.07, 6.45) is 3.33. The lowest BCUT2D eigenvalue weighted by Gasteiger charge is -2.19. The first-order valence-electron chi connectivity index (χ1n) is 7.01. The van der Waals surface area contributed by atoms with Crippen LogP contribution in [0.15, 0.2) is 24.3 Å². The number of carbonyl (C=O) groups is 1. The molecule has 0 aliphatic heterocycles. The fourth-order valence-corrected chi connectivity index (χ4v) is 2.66. The van der Waals surface area contributed by atoms with Gasteiger partial charge in [0.15, 0.2) is 0 Å². The van der Waals surface area contributed by atoms with Crippen LogP contribution in [0.3, 0.4) is 0 Å². The Balaban J connectivity index is 1.73. The molecule has 1 saturated carbocycles. The maximum absolute atomic E-state index is 10.8. The Morgan fingerprint density at radius 2 is 2.25 bits per heavy atom. The van der Waals surface area contributed by atoms with E-state index in [2.05, 4.69) is 5.32 Å². The van der Waals surface area contributed by atoms with E-state index in [4.69, 9.17) is 9.84 Å². The third kappa shape index (κ3) is 3.95. The second-order valence-corrected chi connectivity index (χ2v) is 5.12. The zero-order valence-electron chi connectivity index (χ0n) is 11.4. The maximum atomic E-state index is 10.8. The van der Waals surface area contributed by atoms with Crippen LogP contribution in [0.4, 0.5) is 0 Å². The summed E-state index contributed by atoms with van der Waals surface area (Å²) in [4.78, 5) is 10.8. The van der Waals surface area contributed by atoms with Gasteiger partial charge < -0.3 is 20.3 Å². The molecule has 2 unspecified atom stereocenters. The Morgan fingerprint density at radius 1 is 1.40 bits per heavy atom. The van der Waals surface area contributed by atoms with Crippen molar-refractivity contribution in [3.05, 3.63) is 29.8 Å². The molecule has 5 nitrogen and oxygen atoms in total. The molecule has 20 heavy (non-hydrogen) atoms. The summed E-state index contributed by atoms with van der Waals surface area (Å²) < 4.78 is 5.54. The zero-order chi connectivity index (χ0) is 14.4. The van der Waals surface area contributed by atoms with Crippen molar-refractivity contribution in [3.63, 3.8) is 0 Å². The van der Waals surface area contributed by atoms with E-state index in [9.17, 15) is 9.90 Å². The number of hydrogen-bond acceptors (Lipinski definition) is 4. The van der Waals surface area contributed by atoms with Crippen LogP contribution in [0.2, 0.25) is 0 Å². The minimum Gasteiger partial charge on any atom is -0.492 e. The third-order valence-corrected chi connectivity index (χ3v) is 3.75. The highest BCUT2D eigenvalue weighted by atomic mass is 16.5. The van der Waals surface area contributed by atoms with Crippen molar-refractivity contribution in [2.75, 3.05) is 19.8 Å². The molecule has 2 rings (SSSR count). The normalized spacial score (nSPS) is 21.9. The first-order valence-corrected chi connectivity index (χ1v) is 7.01. The second-order valence-electron chi connectivity index (χ2n) is 5.12. The molecule has 0 heterocycles. The molecular formula is C15H21NO4. The van der Waals surface area contributed by atoms with Gasteiger partial charge >= 0.3 is 5.97 Å². The van der Waals surface area contributed by atoms with Gasteiger partial charge in [-0.2, -0.15) is 0 Å². The average Bonchev–Trinajstić information content (AvgIpc) is 2.91. The molecule has 0 saturated heterocycles. The summed E-state index contributed by atoms with van der Waals surface area (Å²) in [6, 6.07) is 6.85. The summed E-state index contributed by atoms with van der Waals surface area (Å²) in [6.45, 7) is 1.41. The van der Waals surface area contributed by atoms with Crippen LogP contribution < -0.4 is 10.1 Å². The lowest BCUT2D eigenvalue weighted by Crippen LogP contribution is -2.36. The summed E-state index contributed by atoms with van der Waals surface area (Å²) >= 11 is 0. The van der Waals surface area contributed by atoms with Crippen molar-refractivity contribution in [2.45, 2.75) is 25.3 Å². The van der Waals surface area contributed by atoms with E-state index in [0.717, 1.165) is 19.3 Å². The molecule has 0 bridgehead atoms. The van der Waals surface area contributed by atoms with Gasteiger partial charge in [0.25, 0.3) is 0 Å². The van der Waals surface area contributed by atoms with Crippen LogP contribution in [-0.2, 0) is 0 Å². The Morgan fingerprint density at radius 3 is 3.00 bits per heavy atom. The molecule has 2 atom stereocenters. The van der Waals surface area contributed by atoms with Crippen molar-refractivity contribution in [1.82, 2.24) is 5.32 Å². The number of aliphatic hydroxyl groups is 1. The van der Waals surface area contributed by atoms with Crippen LogP contribution in [0.1, 0.15) is 29.6 Å². The number of aliphatic hydroxyl groups excluding tert-OH is 1. The SMILES string of the molecule is O=C(O)c1cccc(OCCNC2CCCC2CO)c1. The molecule has 0 radical (unpaired) electrons. The Hall–Kier alpha value is -1.59. The van der Waals surface area contributed by atoms with Gasteiger partial charge in [-0.1, -0.05) is 12.5 Å².